The number of hydrogen-bond acceptors (Lipinski definition) is 4. The molecule has 0 saturated heterocycles. The van der Waals surface area contributed by atoms with Crippen molar-refractivity contribution >= 4 is 22.7 Å². The van der Waals surface area contributed by atoms with Crippen LogP contribution >= 0.6 is 0 Å². The maximum atomic E-state index is 12.5. The fourth-order valence-corrected chi connectivity index (χ4v) is 2.63. The fourth-order valence-electron chi connectivity index (χ4n) is 2.63. The molecule has 3 aromatic rings. The van der Waals surface area contributed by atoms with Gasteiger partial charge in [-0.25, -0.2) is 9.78 Å². The highest BCUT2D eigenvalue weighted by Crippen LogP contribution is 2.21. The van der Waals surface area contributed by atoms with Crippen LogP contribution in [0.2, 0.25) is 0 Å². The van der Waals surface area contributed by atoms with E-state index in [1.165, 1.54) is 12.3 Å². The molecule has 7 heteroatoms. The van der Waals surface area contributed by atoms with E-state index >= 15 is 0 Å². The van der Waals surface area contributed by atoms with Crippen molar-refractivity contribution in [2.24, 2.45) is 5.41 Å². The predicted octanol–water partition coefficient (Wildman–Crippen LogP) is 3.23. The van der Waals surface area contributed by atoms with Gasteiger partial charge in [-0.05, 0) is 23.6 Å². The summed E-state index contributed by atoms with van der Waals surface area (Å²) in [5, 5.41) is 6.22. The number of fused-ring (bicyclic) bond motifs is 1. The second-order valence-electron chi connectivity index (χ2n) is 7.27. The number of imidazole rings is 1. The lowest BCUT2D eigenvalue weighted by Crippen LogP contribution is -2.47. The number of rotatable bonds is 4. The van der Waals surface area contributed by atoms with Crippen molar-refractivity contribution in [3.8, 4) is 0 Å². The summed E-state index contributed by atoms with van der Waals surface area (Å²) in [4.78, 5) is 28.4. The predicted molar refractivity (Wildman–Crippen MR) is 100 cm³/mol. The summed E-state index contributed by atoms with van der Waals surface area (Å²) in [5.41, 5.74) is 0.717. The SMILES string of the molecule is CC(C)(C)[C@H](Cn1ccnc1)NC(=O)Nc1ccc2occc(=O)c2c1. The lowest BCUT2D eigenvalue weighted by Gasteiger charge is -2.31. The van der Waals surface area contributed by atoms with E-state index in [1.54, 1.807) is 30.7 Å². The van der Waals surface area contributed by atoms with Crippen LogP contribution < -0.4 is 16.1 Å². The summed E-state index contributed by atoms with van der Waals surface area (Å²) in [6, 6.07) is 5.90. The van der Waals surface area contributed by atoms with Crippen LogP contribution in [0, 0.1) is 5.41 Å². The first-order valence-electron chi connectivity index (χ1n) is 8.38. The molecule has 2 aromatic heterocycles. The van der Waals surface area contributed by atoms with Crippen LogP contribution in [0.15, 0.2) is 58.5 Å². The Bertz CT molecular complexity index is 955. The largest absolute Gasteiger partial charge is 0.464 e. The fraction of sp³-hybridized carbons (Fsp3) is 0.316. The van der Waals surface area contributed by atoms with Gasteiger partial charge in [-0.15, -0.1) is 0 Å². The van der Waals surface area contributed by atoms with Gasteiger partial charge in [0, 0.05) is 30.7 Å². The topological polar surface area (TPSA) is 89.2 Å². The zero-order valence-corrected chi connectivity index (χ0v) is 15.0. The first-order valence-corrected chi connectivity index (χ1v) is 8.38. The molecule has 2 N–H and O–H groups in total. The van der Waals surface area contributed by atoms with Crippen molar-refractivity contribution in [3.05, 3.63) is 59.5 Å². The first kappa shape index (κ1) is 17.7. The van der Waals surface area contributed by atoms with Crippen molar-refractivity contribution in [1.82, 2.24) is 14.9 Å². The van der Waals surface area contributed by atoms with E-state index in [1.807, 2.05) is 10.8 Å². The van der Waals surface area contributed by atoms with Crippen LogP contribution in [0.3, 0.4) is 0 Å². The van der Waals surface area contributed by atoms with Crippen LogP contribution in [-0.2, 0) is 6.54 Å². The van der Waals surface area contributed by atoms with E-state index < -0.39 is 0 Å². The minimum atomic E-state index is -0.329. The Morgan fingerprint density at radius 2 is 2.12 bits per heavy atom. The highest BCUT2D eigenvalue weighted by Gasteiger charge is 2.26. The quantitative estimate of drug-likeness (QED) is 0.753. The third-order valence-corrected chi connectivity index (χ3v) is 4.22. The second-order valence-corrected chi connectivity index (χ2v) is 7.27. The van der Waals surface area contributed by atoms with Crippen LogP contribution in [0.25, 0.3) is 11.0 Å². The van der Waals surface area contributed by atoms with Gasteiger partial charge >= 0.3 is 6.03 Å². The molecule has 0 spiro atoms. The number of urea groups is 1. The highest BCUT2D eigenvalue weighted by atomic mass is 16.3. The van der Waals surface area contributed by atoms with Gasteiger partial charge in [0.2, 0.25) is 0 Å². The number of hydrogen-bond donors (Lipinski definition) is 2. The molecule has 3 rings (SSSR count). The zero-order valence-electron chi connectivity index (χ0n) is 15.0. The van der Waals surface area contributed by atoms with Crippen LogP contribution in [0.4, 0.5) is 10.5 Å². The Morgan fingerprint density at radius 3 is 2.81 bits per heavy atom. The number of carbonyl (C=O) groups excluding carboxylic acids is 1. The highest BCUT2D eigenvalue weighted by molar-refractivity contribution is 5.92. The molecule has 2 amide bonds. The Hall–Kier alpha value is -3.09. The van der Waals surface area contributed by atoms with E-state index in [4.69, 9.17) is 4.42 Å². The third kappa shape index (κ3) is 4.11. The normalized spacial score (nSPS) is 12.7. The van der Waals surface area contributed by atoms with E-state index in [-0.39, 0.29) is 22.9 Å². The van der Waals surface area contributed by atoms with Crippen molar-refractivity contribution < 1.29 is 9.21 Å². The van der Waals surface area contributed by atoms with Crippen molar-refractivity contribution in [2.45, 2.75) is 33.4 Å². The molecule has 0 saturated carbocycles. The molecule has 0 aliphatic heterocycles. The molecule has 0 bridgehead atoms. The molecule has 1 atom stereocenters. The average Bonchev–Trinajstić information content (AvgIpc) is 3.07. The van der Waals surface area contributed by atoms with E-state index in [2.05, 4.69) is 36.4 Å². The number of amides is 2. The number of benzene rings is 1. The molecule has 0 radical (unpaired) electrons. The smallest absolute Gasteiger partial charge is 0.319 e. The van der Waals surface area contributed by atoms with E-state index in [0.29, 0.717) is 23.2 Å². The van der Waals surface area contributed by atoms with Gasteiger partial charge in [0.1, 0.15) is 5.58 Å². The van der Waals surface area contributed by atoms with Gasteiger partial charge < -0.3 is 19.6 Å². The molecule has 2 heterocycles. The molecule has 7 nitrogen and oxygen atoms in total. The summed E-state index contributed by atoms with van der Waals surface area (Å²) in [7, 11) is 0. The van der Waals surface area contributed by atoms with Crippen LogP contribution in [0.1, 0.15) is 20.8 Å². The third-order valence-electron chi connectivity index (χ3n) is 4.22. The number of nitrogens with one attached hydrogen (secondary N) is 2. The number of aromatic nitrogens is 2. The minimum absolute atomic E-state index is 0.109. The van der Waals surface area contributed by atoms with Crippen LogP contribution in [0.5, 0.6) is 0 Å². The number of carbonyl (C=O) groups is 1. The Kier molecular flexibility index (Phi) is 4.79. The van der Waals surface area contributed by atoms with Crippen molar-refractivity contribution in [1.29, 1.82) is 0 Å². The monoisotopic (exact) mass is 354 g/mol. The summed E-state index contributed by atoms with van der Waals surface area (Å²) >= 11 is 0. The summed E-state index contributed by atoms with van der Waals surface area (Å²) < 4.78 is 7.21. The average molecular weight is 354 g/mol. The summed E-state index contributed by atoms with van der Waals surface area (Å²) in [6.07, 6.45) is 6.65. The molecular weight excluding hydrogens is 332 g/mol. The Balaban J connectivity index is 1.74. The van der Waals surface area contributed by atoms with Crippen molar-refractivity contribution in [3.63, 3.8) is 0 Å². The Labute approximate surface area is 151 Å². The van der Waals surface area contributed by atoms with Crippen molar-refractivity contribution in [2.75, 3.05) is 5.32 Å². The number of nitrogens with zero attached hydrogens (tertiary/aromatic N) is 2. The molecule has 0 unspecified atom stereocenters. The van der Waals surface area contributed by atoms with Crippen LogP contribution in [-0.4, -0.2) is 21.6 Å². The standard InChI is InChI=1S/C19H22N4O3/c1-19(2,3)17(11-23-8-7-20-12-23)22-18(25)21-13-4-5-16-14(10-13)15(24)6-9-26-16/h4-10,12,17H,11H2,1-3H3,(H2,21,22,25)/t17-/m0/s1. The molecule has 26 heavy (non-hydrogen) atoms. The lowest BCUT2D eigenvalue weighted by molar-refractivity contribution is 0.219. The van der Waals surface area contributed by atoms with Gasteiger partial charge in [0.15, 0.2) is 5.43 Å². The summed E-state index contributed by atoms with van der Waals surface area (Å²) in [6.45, 7) is 6.81. The number of anilines is 1. The Morgan fingerprint density at radius 1 is 1.31 bits per heavy atom. The van der Waals surface area contributed by atoms with Gasteiger partial charge in [-0.2, -0.15) is 0 Å². The van der Waals surface area contributed by atoms with Gasteiger partial charge in [-0.3, -0.25) is 4.79 Å². The minimum Gasteiger partial charge on any atom is -0.464 e. The zero-order chi connectivity index (χ0) is 18.7. The molecule has 0 fully saturated rings. The lowest BCUT2D eigenvalue weighted by atomic mass is 9.86. The maximum absolute atomic E-state index is 12.5. The summed E-state index contributed by atoms with van der Waals surface area (Å²) in [5.74, 6) is 0. The molecule has 1 aromatic carbocycles. The first-order chi connectivity index (χ1) is 12.3. The molecular formula is C19H22N4O3. The van der Waals surface area contributed by atoms with Gasteiger partial charge in [-0.1, -0.05) is 20.8 Å². The van der Waals surface area contributed by atoms with E-state index in [0.717, 1.165) is 0 Å². The molecule has 0 aliphatic rings. The second kappa shape index (κ2) is 7.03. The van der Waals surface area contributed by atoms with E-state index in [9.17, 15) is 9.59 Å². The maximum Gasteiger partial charge on any atom is 0.319 e. The molecule has 136 valence electrons. The van der Waals surface area contributed by atoms with Gasteiger partial charge in [0.25, 0.3) is 0 Å². The molecule has 0 aliphatic carbocycles. The van der Waals surface area contributed by atoms with Gasteiger partial charge in [0.05, 0.1) is 24.0 Å².